The van der Waals surface area contributed by atoms with Gasteiger partial charge < -0.3 is 0 Å². The Labute approximate surface area is 92.8 Å². The van der Waals surface area contributed by atoms with E-state index in [2.05, 4.69) is 0 Å². The lowest BCUT2D eigenvalue weighted by Crippen LogP contribution is -1.83. The van der Waals surface area contributed by atoms with Crippen molar-refractivity contribution in [3.8, 4) is 10.4 Å². The molecule has 2 aromatic rings. The van der Waals surface area contributed by atoms with E-state index in [1.165, 1.54) is 0 Å². The topological polar surface area (TPSA) is 17.1 Å². The molecule has 0 saturated heterocycles. The van der Waals surface area contributed by atoms with Crippen molar-refractivity contribution in [2.75, 3.05) is 0 Å². The van der Waals surface area contributed by atoms with Gasteiger partial charge in [0.1, 0.15) is 0 Å². The number of benzene rings is 1. The monoisotopic (exact) mass is 224 g/mol. The first kappa shape index (κ1) is 11.0. The molecule has 14 heavy (non-hydrogen) atoms. The molecule has 72 valence electrons. The number of thiophene rings is 1. The standard InChI is InChI=1S/C11H8OS.ClH/c12-8-9-4-1-2-5-10(9)11-6-3-7-13-11;/h1-8H;1H. The molecule has 0 atom stereocenters. The van der Waals surface area contributed by atoms with E-state index in [1.54, 1.807) is 11.3 Å². The van der Waals surface area contributed by atoms with Gasteiger partial charge in [0.05, 0.1) is 0 Å². The summed E-state index contributed by atoms with van der Waals surface area (Å²) in [5.41, 5.74) is 1.78. The second kappa shape index (κ2) is 4.94. The minimum Gasteiger partial charge on any atom is -0.298 e. The van der Waals surface area contributed by atoms with Gasteiger partial charge >= 0.3 is 0 Å². The maximum absolute atomic E-state index is 10.7. The van der Waals surface area contributed by atoms with E-state index < -0.39 is 0 Å². The highest BCUT2D eigenvalue weighted by Gasteiger charge is 2.02. The SMILES string of the molecule is Cl.O=Cc1ccccc1-c1cccs1. The molecule has 0 aliphatic heterocycles. The number of hydrogen-bond donors (Lipinski definition) is 0. The average Bonchev–Trinajstić information content (AvgIpc) is 2.70. The molecule has 0 saturated carbocycles. The minimum atomic E-state index is 0. The number of carbonyl (C=O) groups excluding carboxylic acids is 1. The molecule has 1 heterocycles. The number of carbonyl (C=O) groups is 1. The summed E-state index contributed by atoms with van der Waals surface area (Å²) in [7, 11) is 0. The first-order valence-electron chi connectivity index (χ1n) is 4.00. The van der Waals surface area contributed by atoms with Gasteiger partial charge in [-0.2, -0.15) is 0 Å². The van der Waals surface area contributed by atoms with E-state index in [9.17, 15) is 4.79 Å². The van der Waals surface area contributed by atoms with E-state index in [-0.39, 0.29) is 12.4 Å². The molecule has 0 N–H and O–H groups in total. The summed E-state index contributed by atoms with van der Waals surface area (Å²) in [6.45, 7) is 0. The van der Waals surface area contributed by atoms with Crippen LogP contribution in [0.1, 0.15) is 10.4 Å². The van der Waals surface area contributed by atoms with Crippen molar-refractivity contribution in [3.05, 3.63) is 47.3 Å². The molecular formula is C11H9ClOS. The second-order valence-electron chi connectivity index (χ2n) is 2.68. The summed E-state index contributed by atoms with van der Waals surface area (Å²) in [4.78, 5) is 11.9. The molecule has 0 radical (unpaired) electrons. The minimum absolute atomic E-state index is 0. The number of aldehydes is 1. The maximum atomic E-state index is 10.7. The third kappa shape index (κ3) is 2.03. The summed E-state index contributed by atoms with van der Waals surface area (Å²) in [6, 6.07) is 11.6. The zero-order valence-electron chi connectivity index (χ0n) is 7.34. The van der Waals surface area contributed by atoms with Gasteiger partial charge in [-0.05, 0) is 11.4 Å². The van der Waals surface area contributed by atoms with E-state index in [4.69, 9.17) is 0 Å². The van der Waals surface area contributed by atoms with Gasteiger partial charge in [-0.25, -0.2) is 0 Å². The summed E-state index contributed by atoms with van der Waals surface area (Å²) >= 11 is 1.65. The Hall–Kier alpha value is -1.12. The van der Waals surface area contributed by atoms with Crippen molar-refractivity contribution in [1.29, 1.82) is 0 Å². The van der Waals surface area contributed by atoms with Crippen LogP contribution in [0.2, 0.25) is 0 Å². The molecule has 0 fully saturated rings. The van der Waals surface area contributed by atoms with E-state index in [0.29, 0.717) is 0 Å². The van der Waals surface area contributed by atoms with E-state index in [0.717, 1.165) is 22.3 Å². The van der Waals surface area contributed by atoms with Crippen LogP contribution < -0.4 is 0 Å². The van der Waals surface area contributed by atoms with Crippen LogP contribution in [-0.2, 0) is 0 Å². The fourth-order valence-electron chi connectivity index (χ4n) is 1.26. The van der Waals surface area contributed by atoms with Crippen molar-refractivity contribution in [2.45, 2.75) is 0 Å². The largest absolute Gasteiger partial charge is 0.298 e. The molecular weight excluding hydrogens is 216 g/mol. The highest BCUT2D eigenvalue weighted by Crippen LogP contribution is 2.26. The molecule has 0 aliphatic rings. The molecule has 0 amide bonds. The zero-order valence-corrected chi connectivity index (χ0v) is 8.98. The Kier molecular flexibility index (Phi) is 3.86. The molecule has 3 heteroatoms. The van der Waals surface area contributed by atoms with Crippen LogP contribution in [-0.4, -0.2) is 6.29 Å². The molecule has 1 nitrogen and oxygen atoms in total. The Morgan fingerprint density at radius 3 is 2.50 bits per heavy atom. The molecule has 0 unspecified atom stereocenters. The maximum Gasteiger partial charge on any atom is 0.150 e. The predicted octanol–water partition coefficient (Wildman–Crippen LogP) is 3.65. The summed E-state index contributed by atoms with van der Waals surface area (Å²) in [6.07, 6.45) is 0.898. The first-order valence-corrected chi connectivity index (χ1v) is 4.88. The first-order chi connectivity index (χ1) is 6.42. The molecule has 1 aromatic carbocycles. The van der Waals surface area contributed by atoms with Gasteiger partial charge in [0, 0.05) is 16.0 Å². The van der Waals surface area contributed by atoms with Crippen molar-refractivity contribution < 1.29 is 4.79 Å². The third-order valence-electron chi connectivity index (χ3n) is 1.87. The fourth-order valence-corrected chi connectivity index (χ4v) is 2.03. The molecule has 1 aromatic heterocycles. The Balaban J connectivity index is 0.000000980. The number of halogens is 1. The van der Waals surface area contributed by atoms with Crippen LogP contribution in [0.25, 0.3) is 10.4 Å². The average molecular weight is 225 g/mol. The molecule has 0 bridgehead atoms. The van der Waals surface area contributed by atoms with Crippen molar-refractivity contribution in [3.63, 3.8) is 0 Å². The molecule has 0 spiro atoms. The van der Waals surface area contributed by atoms with Crippen LogP contribution in [0.4, 0.5) is 0 Å². The Morgan fingerprint density at radius 1 is 1.07 bits per heavy atom. The quantitative estimate of drug-likeness (QED) is 0.712. The van der Waals surface area contributed by atoms with Crippen LogP contribution in [0.3, 0.4) is 0 Å². The van der Waals surface area contributed by atoms with Crippen molar-refractivity contribution in [1.82, 2.24) is 0 Å². The normalized spacial score (nSPS) is 9.14. The van der Waals surface area contributed by atoms with Gasteiger partial charge in [0.15, 0.2) is 6.29 Å². The molecule has 0 aliphatic carbocycles. The second-order valence-corrected chi connectivity index (χ2v) is 3.63. The van der Waals surface area contributed by atoms with Crippen LogP contribution in [0.5, 0.6) is 0 Å². The van der Waals surface area contributed by atoms with Gasteiger partial charge in [0.25, 0.3) is 0 Å². The lowest BCUT2D eigenvalue weighted by molar-refractivity contribution is 0.112. The zero-order chi connectivity index (χ0) is 9.10. The van der Waals surface area contributed by atoms with Crippen molar-refractivity contribution in [2.24, 2.45) is 0 Å². The fraction of sp³-hybridized carbons (Fsp3) is 0. The van der Waals surface area contributed by atoms with E-state index in [1.807, 2.05) is 41.8 Å². The van der Waals surface area contributed by atoms with Crippen LogP contribution in [0.15, 0.2) is 41.8 Å². The van der Waals surface area contributed by atoms with Gasteiger partial charge in [-0.15, -0.1) is 23.7 Å². The van der Waals surface area contributed by atoms with Crippen LogP contribution >= 0.6 is 23.7 Å². The van der Waals surface area contributed by atoms with Gasteiger partial charge in [-0.3, -0.25) is 4.79 Å². The van der Waals surface area contributed by atoms with Crippen molar-refractivity contribution >= 4 is 30.0 Å². The van der Waals surface area contributed by atoms with E-state index >= 15 is 0 Å². The number of rotatable bonds is 2. The lowest BCUT2D eigenvalue weighted by atomic mass is 10.1. The summed E-state index contributed by atoms with van der Waals surface area (Å²) < 4.78 is 0. The summed E-state index contributed by atoms with van der Waals surface area (Å²) in [5, 5.41) is 2.01. The van der Waals surface area contributed by atoms with Gasteiger partial charge in [-0.1, -0.05) is 30.3 Å². The van der Waals surface area contributed by atoms with Gasteiger partial charge in [0.2, 0.25) is 0 Å². The highest BCUT2D eigenvalue weighted by molar-refractivity contribution is 7.13. The Bertz CT molecular complexity index is 409. The predicted molar refractivity (Wildman–Crippen MR) is 62.4 cm³/mol. The third-order valence-corrected chi connectivity index (χ3v) is 2.78. The lowest BCUT2D eigenvalue weighted by Gasteiger charge is -1.99. The Morgan fingerprint density at radius 2 is 1.86 bits per heavy atom. The van der Waals surface area contributed by atoms with Crippen LogP contribution in [0, 0.1) is 0 Å². The molecule has 2 rings (SSSR count). The number of hydrogen-bond acceptors (Lipinski definition) is 2. The highest BCUT2D eigenvalue weighted by atomic mass is 35.5. The summed E-state index contributed by atoms with van der Waals surface area (Å²) in [5.74, 6) is 0. The smallest absolute Gasteiger partial charge is 0.150 e.